The molecule has 0 fully saturated rings. The number of aromatic nitrogens is 1. The molecule has 0 spiro atoms. The van der Waals surface area contributed by atoms with Crippen LogP contribution in [0.1, 0.15) is 30.9 Å². The largest absolute Gasteiger partial charge is 0.439 e. The number of aryl methyl sites for hydroxylation is 1. The van der Waals surface area contributed by atoms with Crippen molar-refractivity contribution in [3.05, 3.63) is 52.1 Å². The van der Waals surface area contributed by atoms with Crippen molar-refractivity contribution >= 4 is 15.9 Å². The van der Waals surface area contributed by atoms with Gasteiger partial charge in [0, 0.05) is 16.2 Å². The van der Waals surface area contributed by atoms with E-state index in [0.29, 0.717) is 11.4 Å². The van der Waals surface area contributed by atoms with Crippen molar-refractivity contribution < 1.29 is 9.84 Å². The summed E-state index contributed by atoms with van der Waals surface area (Å²) in [6, 6.07) is 9.83. The Balaban J connectivity index is 2.10. The van der Waals surface area contributed by atoms with Gasteiger partial charge in [0.15, 0.2) is 0 Å². The van der Waals surface area contributed by atoms with Crippen molar-refractivity contribution in [2.24, 2.45) is 0 Å². The van der Waals surface area contributed by atoms with Crippen LogP contribution in [0.3, 0.4) is 0 Å². The van der Waals surface area contributed by atoms with Crippen LogP contribution in [0.5, 0.6) is 11.6 Å². The standard InChI is InChI=1S/C16H18BrNO2/c1-2-3-4-12-5-7-15(8-6-12)20-16-13(11-19)9-14(17)10-18-16/h5-10,19H,2-4,11H2,1H3. The maximum absolute atomic E-state index is 9.32. The molecule has 1 aromatic heterocycles. The van der Waals surface area contributed by atoms with Gasteiger partial charge in [0.05, 0.1) is 6.61 Å². The topological polar surface area (TPSA) is 42.4 Å². The molecule has 1 heterocycles. The lowest BCUT2D eigenvalue weighted by Gasteiger charge is -2.09. The molecule has 1 N–H and O–H groups in total. The van der Waals surface area contributed by atoms with E-state index in [0.717, 1.165) is 16.6 Å². The number of rotatable bonds is 6. The monoisotopic (exact) mass is 335 g/mol. The van der Waals surface area contributed by atoms with E-state index in [1.165, 1.54) is 18.4 Å². The zero-order chi connectivity index (χ0) is 14.4. The van der Waals surface area contributed by atoms with Gasteiger partial charge in [0.2, 0.25) is 5.88 Å². The van der Waals surface area contributed by atoms with Gasteiger partial charge in [-0.2, -0.15) is 0 Å². The van der Waals surface area contributed by atoms with Gasteiger partial charge in [-0.1, -0.05) is 25.5 Å². The molecular formula is C16H18BrNO2. The number of nitrogens with zero attached hydrogens (tertiary/aromatic N) is 1. The maximum Gasteiger partial charge on any atom is 0.224 e. The number of hydrogen-bond donors (Lipinski definition) is 1. The van der Waals surface area contributed by atoms with Gasteiger partial charge in [-0.15, -0.1) is 0 Å². The molecule has 0 aliphatic heterocycles. The van der Waals surface area contributed by atoms with Crippen molar-refractivity contribution in [3.8, 4) is 11.6 Å². The first-order valence-electron chi connectivity index (χ1n) is 6.75. The number of pyridine rings is 1. The Morgan fingerprint density at radius 3 is 2.65 bits per heavy atom. The Bertz CT molecular complexity index is 555. The zero-order valence-electron chi connectivity index (χ0n) is 11.5. The molecule has 106 valence electrons. The molecule has 1 aromatic carbocycles. The molecule has 2 rings (SSSR count). The first kappa shape index (κ1) is 15.0. The Labute approximate surface area is 127 Å². The number of hydrogen-bond acceptors (Lipinski definition) is 3. The summed E-state index contributed by atoms with van der Waals surface area (Å²) in [5.74, 6) is 1.17. The van der Waals surface area contributed by atoms with Crippen LogP contribution in [0.2, 0.25) is 0 Å². The van der Waals surface area contributed by atoms with E-state index in [1.54, 1.807) is 12.3 Å². The normalized spacial score (nSPS) is 10.6. The van der Waals surface area contributed by atoms with Gasteiger partial charge in [-0.3, -0.25) is 0 Å². The van der Waals surface area contributed by atoms with E-state index in [-0.39, 0.29) is 6.61 Å². The molecule has 0 saturated carbocycles. The summed E-state index contributed by atoms with van der Waals surface area (Å²) in [7, 11) is 0. The lowest BCUT2D eigenvalue weighted by atomic mass is 10.1. The predicted octanol–water partition coefficient (Wildman–Crippen LogP) is 4.47. The molecule has 0 aliphatic rings. The fourth-order valence-electron chi connectivity index (χ4n) is 1.89. The van der Waals surface area contributed by atoms with Crippen molar-refractivity contribution in [3.63, 3.8) is 0 Å². The fourth-order valence-corrected chi connectivity index (χ4v) is 2.27. The maximum atomic E-state index is 9.32. The van der Waals surface area contributed by atoms with Crippen LogP contribution in [-0.4, -0.2) is 10.1 Å². The third-order valence-electron chi connectivity index (χ3n) is 3.02. The fraction of sp³-hybridized carbons (Fsp3) is 0.312. The number of halogens is 1. The van der Waals surface area contributed by atoms with Crippen LogP contribution < -0.4 is 4.74 Å². The SMILES string of the molecule is CCCCc1ccc(Oc2ncc(Br)cc2CO)cc1. The van der Waals surface area contributed by atoms with E-state index in [9.17, 15) is 5.11 Å². The van der Waals surface area contributed by atoms with Crippen molar-refractivity contribution in [2.75, 3.05) is 0 Å². The molecule has 0 atom stereocenters. The molecule has 3 nitrogen and oxygen atoms in total. The second-order valence-corrected chi connectivity index (χ2v) is 5.54. The Kier molecular flexibility index (Phi) is 5.56. The summed E-state index contributed by atoms with van der Waals surface area (Å²) < 4.78 is 6.55. The molecule has 0 saturated heterocycles. The van der Waals surface area contributed by atoms with Crippen LogP contribution in [-0.2, 0) is 13.0 Å². The van der Waals surface area contributed by atoms with E-state index in [1.807, 2.05) is 12.1 Å². The molecule has 0 unspecified atom stereocenters. The van der Waals surface area contributed by atoms with E-state index < -0.39 is 0 Å². The van der Waals surface area contributed by atoms with Gasteiger partial charge < -0.3 is 9.84 Å². The molecule has 0 radical (unpaired) electrons. The molecular weight excluding hydrogens is 318 g/mol. The average molecular weight is 336 g/mol. The third kappa shape index (κ3) is 4.05. The first-order chi connectivity index (χ1) is 9.72. The van der Waals surface area contributed by atoms with Gasteiger partial charge in [-0.25, -0.2) is 4.98 Å². The molecule has 2 aromatic rings. The lowest BCUT2D eigenvalue weighted by Crippen LogP contribution is -1.95. The van der Waals surface area contributed by atoms with Crippen LogP contribution in [0.25, 0.3) is 0 Å². The lowest BCUT2D eigenvalue weighted by molar-refractivity contribution is 0.275. The number of unbranched alkanes of at least 4 members (excludes halogenated alkanes) is 1. The number of aliphatic hydroxyl groups excluding tert-OH is 1. The predicted molar refractivity (Wildman–Crippen MR) is 83.0 cm³/mol. The summed E-state index contributed by atoms with van der Waals surface area (Å²) in [6.45, 7) is 2.09. The average Bonchev–Trinajstić information content (AvgIpc) is 2.48. The van der Waals surface area contributed by atoms with E-state index in [2.05, 4.69) is 40.0 Å². The Morgan fingerprint density at radius 2 is 2.00 bits per heavy atom. The van der Waals surface area contributed by atoms with E-state index >= 15 is 0 Å². The zero-order valence-corrected chi connectivity index (χ0v) is 13.1. The van der Waals surface area contributed by atoms with Gasteiger partial charge in [-0.05, 0) is 52.5 Å². The quantitative estimate of drug-likeness (QED) is 0.846. The molecule has 0 aliphatic carbocycles. The first-order valence-corrected chi connectivity index (χ1v) is 7.54. The van der Waals surface area contributed by atoms with Crippen LogP contribution in [0.4, 0.5) is 0 Å². The number of benzene rings is 1. The van der Waals surface area contributed by atoms with Crippen molar-refractivity contribution in [1.29, 1.82) is 0 Å². The van der Waals surface area contributed by atoms with Crippen LogP contribution in [0.15, 0.2) is 41.0 Å². The summed E-state index contributed by atoms with van der Waals surface area (Å²) in [5.41, 5.74) is 1.97. The van der Waals surface area contributed by atoms with Gasteiger partial charge >= 0.3 is 0 Å². The molecule has 0 amide bonds. The van der Waals surface area contributed by atoms with Gasteiger partial charge in [0.25, 0.3) is 0 Å². The molecule has 4 heteroatoms. The highest BCUT2D eigenvalue weighted by atomic mass is 79.9. The Morgan fingerprint density at radius 1 is 1.25 bits per heavy atom. The highest BCUT2D eigenvalue weighted by Crippen LogP contribution is 2.26. The summed E-state index contributed by atoms with van der Waals surface area (Å²) in [5, 5.41) is 9.32. The van der Waals surface area contributed by atoms with Crippen LogP contribution in [0, 0.1) is 0 Å². The summed E-state index contributed by atoms with van der Waals surface area (Å²) in [4.78, 5) is 4.19. The minimum atomic E-state index is -0.101. The minimum absolute atomic E-state index is 0.101. The Hall–Kier alpha value is -1.39. The van der Waals surface area contributed by atoms with Gasteiger partial charge in [0.1, 0.15) is 5.75 Å². The number of aliphatic hydroxyl groups is 1. The number of ether oxygens (including phenoxy) is 1. The smallest absolute Gasteiger partial charge is 0.224 e. The highest BCUT2D eigenvalue weighted by Gasteiger charge is 2.07. The van der Waals surface area contributed by atoms with Crippen LogP contribution >= 0.6 is 15.9 Å². The molecule has 20 heavy (non-hydrogen) atoms. The van der Waals surface area contributed by atoms with E-state index in [4.69, 9.17) is 4.74 Å². The summed E-state index contributed by atoms with van der Waals surface area (Å²) in [6.07, 6.45) is 5.14. The van der Waals surface area contributed by atoms with Crippen molar-refractivity contribution in [1.82, 2.24) is 4.98 Å². The molecule has 0 bridgehead atoms. The third-order valence-corrected chi connectivity index (χ3v) is 3.45. The second kappa shape index (κ2) is 7.41. The highest BCUT2D eigenvalue weighted by molar-refractivity contribution is 9.10. The summed E-state index contributed by atoms with van der Waals surface area (Å²) >= 11 is 3.33. The minimum Gasteiger partial charge on any atom is -0.439 e. The van der Waals surface area contributed by atoms with Crippen molar-refractivity contribution in [2.45, 2.75) is 32.8 Å². The second-order valence-electron chi connectivity index (χ2n) is 4.63.